The molecule has 0 saturated carbocycles. The molecule has 1 N–H and O–H groups in total. The molecule has 1 fully saturated rings. The van der Waals surface area contributed by atoms with Gasteiger partial charge in [-0.25, -0.2) is 0 Å². The average molecular weight is 297 g/mol. The third-order valence-corrected chi connectivity index (χ3v) is 3.87. The fourth-order valence-electron chi connectivity index (χ4n) is 2.46. The predicted octanol–water partition coefficient (Wildman–Crippen LogP) is 3.16. The number of hydrogen-bond donors (Lipinski definition) is 1. The van der Waals surface area contributed by atoms with Gasteiger partial charge in [0.25, 0.3) is 0 Å². The van der Waals surface area contributed by atoms with E-state index in [2.05, 4.69) is 5.32 Å². The van der Waals surface area contributed by atoms with Gasteiger partial charge in [0.15, 0.2) is 0 Å². The first-order valence-electron chi connectivity index (χ1n) is 7.00. The number of piperidine rings is 1. The maximum absolute atomic E-state index is 12.3. The van der Waals surface area contributed by atoms with Gasteiger partial charge in [-0.1, -0.05) is 11.6 Å². The maximum atomic E-state index is 12.3. The molecule has 1 saturated heterocycles. The molecule has 1 unspecified atom stereocenters. The van der Waals surface area contributed by atoms with Crippen molar-refractivity contribution >= 4 is 23.2 Å². The van der Waals surface area contributed by atoms with Crippen LogP contribution in [0.5, 0.6) is 5.75 Å². The summed E-state index contributed by atoms with van der Waals surface area (Å²) in [5.41, 5.74) is 0.827. The summed E-state index contributed by atoms with van der Waals surface area (Å²) < 4.78 is 5.11. The third kappa shape index (κ3) is 3.57. The van der Waals surface area contributed by atoms with E-state index in [1.807, 2.05) is 17.9 Å². The highest BCUT2D eigenvalue weighted by Gasteiger charge is 2.22. The quantitative estimate of drug-likeness (QED) is 0.928. The van der Waals surface area contributed by atoms with E-state index in [0.29, 0.717) is 10.8 Å². The van der Waals surface area contributed by atoms with Crippen molar-refractivity contribution in [2.75, 3.05) is 25.5 Å². The normalized spacial score (nSPS) is 16.6. The van der Waals surface area contributed by atoms with E-state index in [-0.39, 0.29) is 11.9 Å². The molecule has 0 bridgehead atoms. The van der Waals surface area contributed by atoms with E-state index in [1.54, 1.807) is 19.2 Å². The van der Waals surface area contributed by atoms with Gasteiger partial charge in [0.2, 0.25) is 5.91 Å². The van der Waals surface area contributed by atoms with Crippen LogP contribution in [0.25, 0.3) is 0 Å². The van der Waals surface area contributed by atoms with E-state index < -0.39 is 0 Å². The first-order chi connectivity index (χ1) is 9.61. The number of methoxy groups -OCH3 is 1. The van der Waals surface area contributed by atoms with Gasteiger partial charge in [-0.2, -0.15) is 0 Å². The largest absolute Gasteiger partial charge is 0.495 e. The first kappa shape index (κ1) is 15.0. The zero-order chi connectivity index (χ0) is 14.5. The van der Waals surface area contributed by atoms with E-state index >= 15 is 0 Å². The minimum absolute atomic E-state index is 0.150. The second-order valence-corrected chi connectivity index (χ2v) is 5.51. The summed E-state index contributed by atoms with van der Waals surface area (Å²) in [6, 6.07) is 5.19. The van der Waals surface area contributed by atoms with Crippen LogP contribution in [0.1, 0.15) is 26.2 Å². The van der Waals surface area contributed by atoms with Crippen molar-refractivity contribution in [1.82, 2.24) is 4.90 Å². The van der Waals surface area contributed by atoms with Crippen LogP contribution in [0.2, 0.25) is 5.02 Å². The fraction of sp³-hybridized carbons (Fsp3) is 0.533. The third-order valence-electron chi connectivity index (χ3n) is 3.57. The fourth-order valence-corrected chi connectivity index (χ4v) is 2.71. The Balaban J connectivity index is 1.98. The molecule has 1 heterocycles. The summed E-state index contributed by atoms with van der Waals surface area (Å²) in [5, 5.41) is 3.74. The maximum Gasteiger partial charge on any atom is 0.244 e. The van der Waals surface area contributed by atoms with E-state index in [9.17, 15) is 4.79 Å². The minimum atomic E-state index is -0.252. The van der Waals surface area contributed by atoms with Crippen molar-refractivity contribution < 1.29 is 9.53 Å². The van der Waals surface area contributed by atoms with Crippen LogP contribution < -0.4 is 10.1 Å². The Morgan fingerprint density at radius 3 is 2.65 bits per heavy atom. The Bertz CT molecular complexity index is 473. The summed E-state index contributed by atoms with van der Waals surface area (Å²) in [6.07, 6.45) is 3.43. The van der Waals surface area contributed by atoms with E-state index in [1.165, 1.54) is 6.42 Å². The number of likely N-dealkylation sites (tertiary alicyclic amines) is 1. The van der Waals surface area contributed by atoms with Gasteiger partial charge >= 0.3 is 0 Å². The van der Waals surface area contributed by atoms with Gasteiger partial charge in [0.05, 0.1) is 12.1 Å². The molecule has 1 aromatic carbocycles. The lowest BCUT2D eigenvalue weighted by molar-refractivity contribution is -0.132. The number of amides is 1. The Kier molecular flexibility index (Phi) is 5.12. The Hall–Kier alpha value is -1.42. The summed E-state index contributed by atoms with van der Waals surface area (Å²) in [7, 11) is 1.58. The molecular formula is C15H21ClN2O2. The summed E-state index contributed by atoms with van der Waals surface area (Å²) in [6.45, 7) is 3.62. The van der Waals surface area contributed by atoms with E-state index in [4.69, 9.17) is 16.3 Å². The molecule has 2 rings (SSSR count). The van der Waals surface area contributed by atoms with Gasteiger partial charge in [-0.15, -0.1) is 0 Å². The van der Waals surface area contributed by atoms with Gasteiger partial charge in [-0.3, -0.25) is 4.79 Å². The highest BCUT2D eigenvalue weighted by atomic mass is 35.5. The van der Waals surface area contributed by atoms with Gasteiger partial charge in [0.1, 0.15) is 11.8 Å². The molecule has 1 aliphatic heterocycles. The van der Waals surface area contributed by atoms with Crippen LogP contribution in [0.15, 0.2) is 18.2 Å². The Morgan fingerprint density at radius 2 is 2.05 bits per heavy atom. The van der Waals surface area contributed by atoms with Gasteiger partial charge in [-0.05, 0) is 44.4 Å². The van der Waals surface area contributed by atoms with Crippen molar-refractivity contribution in [2.45, 2.75) is 32.2 Å². The lowest BCUT2D eigenvalue weighted by Gasteiger charge is -2.29. The highest BCUT2D eigenvalue weighted by Crippen LogP contribution is 2.27. The molecule has 0 aromatic heterocycles. The number of carbonyl (C=O) groups is 1. The van der Waals surface area contributed by atoms with Crippen LogP contribution in [0, 0.1) is 0 Å². The molecule has 0 aliphatic carbocycles. The summed E-state index contributed by atoms with van der Waals surface area (Å²) in [4.78, 5) is 14.3. The minimum Gasteiger partial charge on any atom is -0.495 e. The summed E-state index contributed by atoms with van der Waals surface area (Å²) >= 11 is 6.08. The van der Waals surface area contributed by atoms with Crippen molar-refractivity contribution in [3.8, 4) is 5.75 Å². The second kappa shape index (κ2) is 6.84. The number of halogens is 1. The van der Waals surface area contributed by atoms with Crippen LogP contribution in [0.3, 0.4) is 0 Å². The standard InChI is InChI=1S/C15H21ClN2O2/c1-11(15(19)18-8-4-3-5-9-18)17-12-6-7-14(20-2)13(16)10-12/h6-7,10-11,17H,3-5,8-9H2,1-2H3. The molecule has 1 amide bonds. The molecule has 20 heavy (non-hydrogen) atoms. The molecular weight excluding hydrogens is 276 g/mol. The monoisotopic (exact) mass is 296 g/mol. The zero-order valence-corrected chi connectivity index (χ0v) is 12.7. The number of hydrogen-bond acceptors (Lipinski definition) is 3. The van der Waals surface area contributed by atoms with Crippen LogP contribution in [-0.2, 0) is 4.79 Å². The molecule has 0 radical (unpaired) electrons. The zero-order valence-electron chi connectivity index (χ0n) is 12.0. The number of benzene rings is 1. The second-order valence-electron chi connectivity index (χ2n) is 5.10. The van der Waals surface area contributed by atoms with Gasteiger partial charge in [0, 0.05) is 18.8 Å². The van der Waals surface area contributed by atoms with Crippen molar-refractivity contribution in [3.63, 3.8) is 0 Å². The molecule has 110 valence electrons. The molecule has 4 nitrogen and oxygen atoms in total. The lowest BCUT2D eigenvalue weighted by atomic mass is 10.1. The number of anilines is 1. The smallest absolute Gasteiger partial charge is 0.244 e. The number of carbonyl (C=O) groups excluding carboxylic acids is 1. The number of nitrogens with one attached hydrogen (secondary N) is 1. The summed E-state index contributed by atoms with van der Waals surface area (Å²) in [5.74, 6) is 0.781. The molecule has 1 aliphatic rings. The van der Waals surface area contributed by atoms with Crippen molar-refractivity contribution in [3.05, 3.63) is 23.2 Å². The average Bonchev–Trinajstić information content (AvgIpc) is 2.47. The number of rotatable bonds is 4. The Morgan fingerprint density at radius 1 is 1.35 bits per heavy atom. The highest BCUT2D eigenvalue weighted by molar-refractivity contribution is 6.32. The van der Waals surface area contributed by atoms with Gasteiger partial charge < -0.3 is 15.0 Å². The van der Waals surface area contributed by atoms with E-state index in [0.717, 1.165) is 31.6 Å². The SMILES string of the molecule is COc1ccc(NC(C)C(=O)N2CCCCC2)cc1Cl. The van der Waals surface area contributed by atoms with Crippen molar-refractivity contribution in [1.29, 1.82) is 0 Å². The van der Waals surface area contributed by atoms with Crippen LogP contribution in [0.4, 0.5) is 5.69 Å². The van der Waals surface area contributed by atoms with Crippen molar-refractivity contribution in [2.24, 2.45) is 0 Å². The molecule has 5 heteroatoms. The molecule has 0 spiro atoms. The lowest BCUT2D eigenvalue weighted by Crippen LogP contribution is -2.43. The molecule has 1 atom stereocenters. The van der Waals surface area contributed by atoms with Crippen LogP contribution >= 0.6 is 11.6 Å². The predicted molar refractivity (Wildman–Crippen MR) is 81.5 cm³/mol. The topological polar surface area (TPSA) is 41.6 Å². The number of ether oxygens (including phenoxy) is 1. The first-order valence-corrected chi connectivity index (χ1v) is 7.38. The number of nitrogens with zero attached hydrogens (tertiary/aromatic N) is 1. The van der Waals surface area contributed by atoms with Crippen LogP contribution in [-0.4, -0.2) is 37.0 Å². The molecule has 1 aromatic rings. The Labute approximate surface area is 125 Å².